The van der Waals surface area contributed by atoms with Crippen molar-refractivity contribution in [2.24, 2.45) is 0 Å². The van der Waals surface area contributed by atoms with Gasteiger partial charge in [0.05, 0.1) is 4.90 Å². The molecule has 1 aliphatic heterocycles. The number of sulfonamides is 1. The molecule has 1 atom stereocenters. The average molecular weight is 339 g/mol. The van der Waals surface area contributed by atoms with Crippen molar-refractivity contribution < 1.29 is 13.2 Å². The van der Waals surface area contributed by atoms with Crippen LogP contribution < -0.4 is 10.0 Å². The van der Waals surface area contributed by atoms with Crippen molar-refractivity contribution in [3.8, 4) is 0 Å². The highest BCUT2D eigenvalue weighted by molar-refractivity contribution is 7.89. The zero-order valence-corrected chi connectivity index (χ0v) is 14.5. The molecule has 0 spiro atoms. The van der Waals surface area contributed by atoms with E-state index in [1.807, 2.05) is 0 Å². The van der Waals surface area contributed by atoms with Gasteiger partial charge in [0, 0.05) is 18.2 Å². The van der Waals surface area contributed by atoms with Gasteiger partial charge in [0.2, 0.25) is 10.0 Å². The lowest BCUT2D eigenvalue weighted by Gasteiger charge is -2.26. The molecule has 1 amide bonds. The fourth-order valence-electron chi connectivity index (χ4n) is 2.87. The van der Waals surface area contributed by atoms with Gasteiger partial charge in [0.1, 0.15) is 0 Å². The number of nitrogens with zero attached hydrogens (tertiary/aromatic N) is 1. The van der Waals surface area contributed by atoms with Crippen LogP contribution in [0.15, 0.2) is 29.2 Å². The van der Waals surface area contributed by atoms with E-state index in [9.17, 15) is 13.2 Å². The summed E-state index contributed by atoms with van der Waals surface area (Å²) in [6.45, 7) is 4.88. The Kier molecular flexibility index (Phi) is 6.15. The molecule has 23 heavy (non-hydrogen) atoms. The van der Waals surface area contributed by atoms with Crippen LogP contribution in [0.1, 0.15) is 36.5 Å². The van der Waals surface area contributed by atoms with E-state index >= 15 is 0 Å². The third-order valence-electron chi connectivity index (χ3n) is 4.30. The summed E-state index contributed by atoms with van der Waals surface area (Å²) in [6.07, 6.45) is 3.41. The Hall–Kier alpha value is -1.44. The largest absolute Gasteiger partial charge is 0.350 e. The molecule has 1 heterocycles. The number of likely N-dealkylation sites (tertiary alicyclic amines) is 1. The number of hydrogen-bond acceptors (Lipinski definition) is 4. The van der Waals surface area contributed by atoms with Crippen molar-refractivity contribution >= 4 is 15.9 Å². The molecule has 1 saturated heterocycles. The molecular formula is C16H25N3O3S. The second-order valence-corrected chi connectivity index (χ2v) is 7.64. The van der Waals surface area contributed by atoms with Crippen molar-refractivity contribution in [2.45, 2.75) is 37.1 Å². The van der Waals surface area contributed by atoms with Crippen molar-refractivity contribution in [1.82, 2.24) is 14.9 Å². The Balaban J connectivity index is 2.01. The topological polar surface area (TPSA) is 78.5 Å². The number of benzene rings is 1. The Bertz CT molecular complexity index is 640. The molecular weight excluding hydrogens is 314 g/mol. The van der Waals surface area contributed by atoms with Gasteiger partial charge in [-0.1, -0.05) is 13.0 Å². The number of hydrogen-bond donors (Lipinski definition) is 2. The van der Waals surface area contributed by atoms with Crippen molar-refractivity contribution in [2.75, 3.05) is 26.7 Å². The second kappa shape index (κ2) is 7.90. The predicted octanol–water partition coefficient (Wildman–Crippen LogP) is 1.20. The molecule has 1 aliphatic rings. The maximum atomic E-state index is 12.3. The predicted molar refractivity (Wildman–Crippen MR) is 89.9 cm³/mol. The monoisotopic (exact) mass is 339 g/mol. The first kappa shape index (κ1) is 17.9. The van der Waals surface area contributed by atoms with Crippen molar-refractivity contribution in [3.63, 3.8) is 0 Å². The van der Waals surface area contributed by atoms with Crippen LogP contribution in [0.3, 0.4) is 0 Å². The normalized spacial score (nSPS) is 17.1. The first-order chi connectivity index (χ1) is 11.0. The SMILES string of the molecule is CCC(CNC(=O)c1cccc(S(=O)(=O)NC)c1)N1CCCC1. The highest BCUT2D eigenvalue weighted by Crippen LogP contribution is 2.14. The summed E-state index contributed by atoms with van der Waals surface area (Å²) >= 11 is 0. The fourth-order valence-corrected chi connectivity index (χ4v) is 3.65. The van der Waals surface area contributed by atoms with E-state index in [2.05, 4.69) is 21.9 Å². The van der Waals surface area contributed by atoms with Gasteiger partial charge in [-0.2, -0.15) is 0 Å². The van der Waals surface area contributed by atoms with Gasteiger partial charge >= 0.3 is 0 Å². The summed E-state index contributed by atoms with van der Waals surface area (Å²) < 4.78 is 25.9. The maximum absolute atomic E-state index is 12.3. The van der Waals surface area contributed by atoms with Crippen LogP contribution in [-0.2, 0) is 10.0 Å². The molecule has 0 saturated carbocycles. The van der Waals surface area contributed by atoms with Gasteiger partial charge in [-0.05, 0) is 57.6 Å². The van der Waals surface area contributed by atoms with Crippen LogP contribution in [0.25, 0.3) is 0 Å². The number of carbonyl (C=O) groups excluding carboxylic acids is 1. The van der Waals surface area contributed by atoms with Crippen LogP contribution in [0.2, 0.25) is 0 Å². The average Bonchev–Trinajstić information content (AvgIpc) is 3.09. The van der Waals surface area contributed by atoms with Crippen LogP contribution in [0.4, 0.5) is 0 Å². The second-order valence-electron chi connectivity index (χ2n) is 5.75. The van der Waals surface area contributed by atoms with Crippen molar-refractivity contribution in [1.29, 1.82) is 0 Å². The van der Waals surface area contributed by atoms with Crippen LogP contribution in [0, 0.1) is 0 Å². The third kappa shape index (κ3) is 4.53. The molecule has 6 nitrogen and oxygen atoms in total. The molecule has 128 valence electrons. The molecule has 0 bridgehead atoms. The quantitative estimate of drug-likeness (QED) is 0.782. The Morgan fingerprint density at radius 1 is 1.30 bits per heavy atom. The molecule has 0 aliphatic carbocycles. The lowest BCUT2D eigenvalue weighted by molar-refractivity contribution is 0.0937. The molecule has 2 rings (SSSR count). The summed E-state index contributed by atoms with van der Waals surface area (Å²) in [7, 11) is -2.19. The van der Waals surface area contributed by atoms with E-state index in [1.54, 1.807) is 12.1 Å². The van der Waals surface area contributed by atoms with Crippen LogP contribution in [-0.4, -0.2) is 51.9 Å². The molecule has 0 aromatic heterocycles. The molecule has 7 heteroatoms. The van der Waals surface area contributed by atoms with E-state index in [4.69, 9.17) is 0 Å². The van der Waals surface area contributed by atoms with E-state index in [0.29, 0.717) is 18.2 Å². The molecule has 1 unspecified atom stereocenters. The van der Waals surface area contributed by atoms with Crippen LogP contribution >= 0.6 is 0 Å². The van der Waals surface area contributed by atoms with E-state index in [1.165, 1.54) is 32.0 Å². The van der Waals surface area contributed by atoms with Crippen LogP contribution in [0.5, 0.6) is 0 Å². The first-order valence-corrected chi connectivity index (χ1v) is 9.52. The summed E-state index contributed by atoms with van der Waals surface area (Å²) in [5, 5.41) is 2.93. The highest BCUT2D eigenvalue weighted by atomic mass is 32.2. The summed E-state index contributed by atoms with van der Waals surface area (Å²) in [6, 6.07) is 6.42. The molecule has 1 fully saturated rings. The number of nitrogens with one attached hydrogen (secondary N) is 2. The highest BCUT2D eigenvalue weighted by Gasteiger charge is 2.21. The summed E-state index contributed by atoms with van der Waals surface area (Å²) in [5.41, 5.74) is 0.359. The molecule has 1 aromatic carbocycles. The minimum Gasteiger partial charge on any atom is -0.350 e. The summed E-state index contributed by atoms with van der Waals surface area (Å²) in [5.74, 6) is -0.240. The van der Waals surface area contributed by atoms with Gasteiger partial charge in [-0.3, -0.25) is 9.69 Å². The Labute approximate surface area is 138 Å². The van der Waals surface area contributed by atoms with Gasteiger partial charge in [-0.15, -0.1) is 0 Å². The molecule has 2 N–H and O–H groups in total. The maximum Gasteiger partial charge on any atom is 0.251 e. The lowest BCUT2D eigenvalue weighted by atomic mass is 10.1. The Morgan fingerprint density at radius 3 is 2.61 bits per heavy atom. The zero-order chi connectivity index (χ0) is 16.9. The van der Waals surface area contributed by atoms with Gasteiger partial charge in [0.15, 0.2) is 0 Å². The zero-order valence-electron chi connectivity index (χ0n) is 13.7. The number of amides is 1. The van der Waals surface area contributed by atoms with Gasteiger partial charge < -0.3 is 5.32 Å². The smallest absolute Gasteiger partial charge is 0.251 e. The van der Waals surface area contributed by atoms with E-state index in [0.717, 1.165) is 19.5 Å². The van der Waals surface area contributed by atoms with E-state index < -0.39 is 10.0 Å². The molecule has 0 radical (unpaired) electrons. The summed E-state index contributed by atoms with van der Waals surface area (Å²) in [4.78, 5) is 14.8. The molecule has 1 aromatic rings. The van der Waals surface area contributed by atoms with Crippen molar-refractivity contribution in [3.05, 3.63) is 29.8 Å². The van der Waals surface area contributed by atoms with E-state index in [-0.39, 0.29) is 10.8 Å². The standard InChI is InChI=1S/C16H25N3O3S/c1-3-14(19-9-4-5-10-19)12-18-16(20)13-7-6-8-15(11-13)23(21,22)17-2/h6-8,11,14,17H,3-5,9-10,12H2,1-2H3,(H,18,20). The minimum absolute atomic E-state index is 0.0965. The fraction of sp³-hybridized carbons (Fsp3) is 0.562. The Morgan fingerprint density at radius 2 is 2.00 bits per heavy atom. The lowest BCUT2D eigenvalue weighted by Crippen LogP contribution is -2.42. The third-order valence-corrected chi connectivity index (χ3v) is 5.71. The minimum atomic E-state index is -3.54. The van der Waals surface area contributed by atoms with Gasteiger partial charge in [-0.25, -0.2) is 13.1 Å². The van der Waals surface area contributed by atoms with Gasteiger partial charge in [0.25, 0.3) is 5.91 Å². The number of rotatable bonds is 7. The first-order valence-electron chi connectivity index (χ1n) is 8.03. The number of carbonyl (C=O) groups is 1.